The zero-order valence-corrected chi connectivity index (χ0v) is 10.6. The van der Waals surface area contributed by atoms with Crippen LogP contribution in [0.15, 0.2) is 30.3 Å². The van der Waals surface area contributed by atoms with Crippen LogP contribution in [0.3, 0.4) is 0 Å². The van der Waals surface area contributed by atoms with Gasteiger partial charge in [-0.05, 0) is 19.4 Å². The lowest BCUT2D eigenvalue weighted by Crippen LogP contribution is -2.12. The Hall–Kier alpha value is -1.98. The third-order valence-electron chi connectivity index (χ3n) is 3.11. The Morgan fingerprint density at radius 3 is 2.26 bits per heavy atom. The van der Waals surface area contributed by atoms with Gasteiger partial charge >= 0.3 is 6.18 Å². The van der Waals surface area contributed by atoms with E-state index in [1.165, 1.54) is 11.6 Å². The van der Waals surface area contributed by atoms with E-state index in [9.17, 15) is 13.2 Å². The molecule has 0 aliphatic rings. The van der Waals surface area contributed by atoms with E-state index in [2.05, 4.69) is 5.10 Å². The van der Waals surface area contributed by atoms with Crippen LogP contribution >= 0.6 is 0 Å². The van der Waals surface area contributed by atoms with Crippen LogP contribution < -0.4 is 5.73 Å². The molecule has 2 aromatic rings. The number of halogens is 3. The molecule has 0 aliphatic carbocycles. The van der Waals surface area contributed by atoms with Gasteiger partial charge in [0, 0.05) is 0 Å². The van der Waals surface area contributed by atoms with Crippen LogP contribution in [0.4, 0.5) is 18.9 Å². The number of nitrogens with zero attached hydrogens (tertiary/aromatic N) is 2. The molecule has 0 radical (unpaired) electrons. The number of nitrogen functional groups attached to an aromatic ring is 1. The van der Waals surface area contributed by atoms with E-state index >= 15 is 0 Å². The van der Waals surface area contributed by atoms with Gasteiger partial charge in [-0.2, -0.15) is 18.3 Å². The summed E-state index contributed by atoms with van der Waals surface area (Å²) in [6.07, 6.45) is -4.53. The first-order valence-corrected chi connectivity index (χ1v) is 5.79. The van der Waals surface area contributed by atoms with Crippen LogP contribution in [0.5, 0.6) is 0 Å². The van der Waals surface area contributed by atoms with E-state index < -0.39 is 11.9 Å². The lowest BCUT2D eigenvalue weighted by atomic mass is 10.1. The molecule has 1 aromatic heterocycles. The molecule has 1 heterocycles. The smallest absolute Gasteiger partial charge is 0.395 e. The lowest BCUT2D eigenvalue weighted by molar-refractivity contribution is -0.140. The van der Waals surface area contributed by atoms with Gasteiger partial charge in [0.25, 0.3) is 0 Å². The summed E-state index contributed by atoms with van der Waals surface area (Å²) in [6, 6.07) is 8.89. The molecule has 6 heteroatoms. The van der Waals surface area contributed by atoms with Crippen molar-refractivity contribution in [3.8, 4) is 0 Å². The van der Waals surface area contributed by atoms with E-state index in [1.54, 1.807) is 6.92 Å². The third kappa shape index (κ3) is 2.43. The maximum atomic E-state index is 12.8. The fraction of sp³-hybridized carbons (Fsp3) is 0.308. The second-order valence-electron chi connectivity index (χ2n) is 4.38. The first kappa shape index (κ1) is 13.5. The van der Waals surface area contributed by atoms with Crippen molar-refractivity contribution in [3.63, 3.8) is 0 Å². The van der Waals surface area contributed by atoms with Crippen molar-refractivity contribution in [1.82, 2.24) is 9.78 Å². The van der Waals surface area contributed by atoms with Crippen LogP contribution in [0.25, 0.3) is 0 Å². The first-order valence-electron chi connectivity index (χ1n) is 5.79. The standard InChI is InChI=1S/C13H14F3N3/c1-8(10-6-4-3-5-7-10)19-9(2)11(17)12(18-19)13(14,15)16/h3-8H,17H2,1-2H3. The second kappa shape index (κ2) is 4.60. The van der Waals surface area contributed by atoms with Crippen molar-refractivity contribution >= 4 is 5.69 Å². The Bertz CT molecular complexity index is 573. The van der Waals surface area contributed by atoms with Gasteiger partial charge in [-0.15, -0.1) is 0 Å². The topological polar surface area (TPSA) is 43.8 Å². The number of nitrogens with two attached hydrogens (primary N) is 1. The van der Waals surface area contributed by atoms with Gasteiger partial charge in [0.1, 0.15) is 0 Å². The molecular formula is C13H14F3N3. The molecule has 19 heavy (non-hydrogen) atoms. The summed E-state index contributed by atoms with van der Waals surface area (Å²) in [4.78, 5) is 0. The predicted molar refractivity (Wildman–Crippen MR) is 66.6 cm³/mol. The summed E-state index contributed by atoms with van der Waals surface area (Å²) in [5.74, 6) is 0. The maximum absolute atomic E-state index is 12.8. The van der Waals surface area contributed by atoms with E-state index in [0.29, 0.717) is 5.69 Å². The van der Waals surface area contributed by atoms with Gasteiger partial charge in [-0.3, -0.25) is 4.68 Å². The maximum Gasteiger partial charge on any atom is 0.437 e. The van der Waals surface area contributed by atoms with Gasteiger partial charge < -0.3 is 5.73 Å². The van der Waals surface area contributed by atoms with Crippen molar-refractivity contribution in [3.05, 3.63) is 47.3 Å². The molecule has 0 fully saturated rings. The normalized spacial score (nSPS) is 13.5. The van der Waals surface area contributed by atoms with Gasteiger partial charge in [-0.25, -0.2) is 0 Å². The van der Waals surface area contributed by atoms with E-state index in [0.717, 1.165) is 5.56 Å². The minimum absolute atomic E-state index is 0.306. The van der Waals surface area contributed by atoms with Crippen molar-refractivity contribution < 1.29 is 13.2 Å². The number of benzene rings is 1. The van der Waals surface area contributed by atoms with Gasteiger partial charge in [0.15, 0.2) is 5.69 Å². The van der Waals surface area contributed by atoms with Crippen molar-refractivity contribution in [2.24, 2.45) is 0 Å². The molecule has 1 atom stereocenters. The third-order valence-corrected chi connectivity index (χ3v) is 3.11. The summed E-state index contributed by atoms with van der Waals surface area (Å²) in [6.45, 7) is 3.33. The molecule has 0 saturated carbocycles. The summed E-state index contributed by atoms with van der Waals surface area (Å²) in [7, 11) is 0. The second-order valence-corrected chi connectivity index (χ2v) is 4.38. The SMILES string of the molecule is Cc1c(N)c(C(F)(F)F)nn1C(C)c1ccccc1. The number of anilines is 1. The Balaban J connectivity index is 2.47. The molecule has 2 rings (SSSR count). The largest absolute Gasteiger partial charge is 0.437 e. The number of rotatable bonds is 2. The Morgan fingerprint density at radius 1 is 1.21 bits per heavy atom. The molecule has 0 aliphatic heterocycles. The van der Waals surface area contributed by atoms with Gasteiger partial charge in [-0.1, -0.05) is 30.3 Å². The summed E-state index contributed by atoms with van der Waals surface area (Å²) in [5.41, 5.74) is 5.37. The molecule has 1 unspecified atom stereocenters. The van der Waals surface area contributed by atoms with Gasteiger partial charge in [0.2, 0.25) is 0 Å². The van der Waals surface area contributed by atoms with Crippen LogP contribution in [0.1, 0.15) is 29.9 Å². The predicted octanol–water partition coefficient (Wildman–Crippen LogP) is 3.40. The van der Waals surface area contributed by atoms with Crippen LogP contribution in [0, 0.1) is 6.92 Å². The Labute approximate surface area is 108 Å². The monoisotopic (exact) mass is 269 g/mol. The first-order chi connectivity index (χ1) is 8.82. The summed E-state index contributed by atoms with van der Waals surface area (Å²) < 4.78 is 39.6. The number of hydrogen-bond acceptors (Lipinski definition) is 2. The highest BCUT2D eigenvalue weighted by atomic mass is 19.4. The van der Waals surface area contributed by atoms with Crippen LogP contribution in [-0.2, 0) is 6.18 Å². The molecule has 102 valence electrons. The molecule has 0 bridgehead atoms. The van der Waals surface area contributed by atoms with Crippen molar-refractivity contribution in [2.75, 3.05) is 5.73 Å². The zero-order chi connectivity index (χ0) is 14.2. The van der Waals surface area contributed by atoms with E-state index in [-0.39, 0.29) is 11.7 Å². The molecule has 1 aromatic carbocycles. The molecule has 0 spiro atoms. The lowest BCUT2D eigenvalue weighted by Gasteiger charge is -2.14. The number of alkyl halides is 3. The van der Waals surface area contributed by atoms with Crippen molar-refractivity contribution in [2.45, 2.75) is 26.1 Å². The fourth-order valence-electron chi connectivity index (χ4n) is 1.99. The van der Waals surface area contributed by atoms with Crippen LogP contribution in [0.2, 0.25) is 0 Å². The molecule has 0 amide bonds. The zero-order valence-electron chi connectivity index (χ0n) is 10.6. The Morgan fingerprint density at radius 2 is 1.79 bits per heavy atom. The van der Waals surface area contributed by atoms with E-state index in [1.807, 2.05) is 30.3 Å². The van der Waals surface area contributed by atoms with Crippen LogP contribution in [-0.4, -0.2) is 9.78 Å². The Kier molecular flexibility index (Phi) is 3.26. The molecular weight excluding hydrogens is 255 g/mol. The molecule has 2 N–H and O–H groups in total. The molecule has 3 nitrogen and oxygen atoms in total. The highest BCUT2D eigenvalue weighted by Crippen LogP contribution is 2.35. The van der Waals surface area contributed by atoms with Gasteiger partial charge in [0.05, 0.1) is 17.4 Å². The minimum atomic E-state index is -4.53. The summed E-state index contributed by atoms with van der Waals surface area (Å²) in [5, 5.41) is 3.62. The van der Waals surface area contributed by atoms with E-state index in [4.69, 9.17) is 5.73 Å². The highest BCUT2D eigenvalue weighted by molar-refractivity contribution is 5.49. The fourth-order valence-corrected chi connectivity index (χ4v) is 1.99. The number of hydrogen-bond donors (Lipinski definition) is 1. The quantitative estimate of drug-likeness (QED) is 0.908. The highest BCUT2D eigenvalue weighted by Gasteiger charge is 2.38. The molecule has 0 saturated heterocycles. The van der Waals surface area contributed by atoms with Crippen molar-refractivity contribution in [1.29, 1.82) is 0 Å². The number of aromatic nitrogens is 2. The summed E-state index contributed by atoms with van der Waals surface area (Å²) >= 11 is 0. The average molecular weight is 269 g/mol. The average Bonchev–Trinajstić information content (AvgIpc) is 2.66. The minimum Gasteiger partial charge on any atom is -0.395 e.